The Balaban J connectivity index is 0.00000341. The minimum Gasteiger partial charge on any atom is -0.744 e. The van der Waals surface area contributed by atoms with Crippen molar-refractivity contribution in [3.63, 3.8) is 0 Å². The number of phenolic OH excluding ortho intramolecular Hbond substituents is 1. The van der Waals surface area contributed by atoms with E-state index in [1.807, 2.05) is 0 Å². The molecule has 0 bridgehead atoms. The molecule has 0 aliphatic heterocycles. The minimum atomic E-state index is -5.67. The van der Waals surface area contributed by atoms with Crippen LogP contribution in [-0.4, -0.2) is 80.5 Å². The van der Waals surface area contributed by atoms with Gasteiger partial charge in [0.15, 0.2) is 18.0 Å². The Morgan fingerprint density at radius 2 is 1.30 bits per heavy atom. The molecule has 0 aliphatic rings. The Bertz CT molecular complexity index is 3270. The van der Waals surface area contributed by atoms with E-state index in [-0.39, 0.29) is 158 Å². The van der Waals surface area contributed by atoms with E-state index in [4.69, 9.17) is 16.3 Å². The molecule has 0 unspecified atom stereocenters. The van der Waals surface area contributed by atoms with Crippen LogP contribution >= 0.6 is 11.6 Å². The van der Waals surface area contributed by atoms with Gasteiger partial charge in [-0.05, 0) is 66.0 Å². The van der Waals surface area contributed by atoms with Crippen LogP contribution in [0.2, 0.25) is 5.02 Å². The maximum atomic E-state index is 14.7. The predicted octanol–water partition coefficient (Wildman–Crippen LogP) is -6.88. The van der Waals surface area contributed by atoms with Gasteiger partial charge in [-0.25, -0.2) is 38.7 Å². The Morgan fingerprint density at radius 1 is 0.698 bits per heavy atom. The Hall–Kier alpha value is -1.97. The molecule has 308 valence electrons. The number of anilines is 4. The number of aliphatic imine (C=N–C) groups is 1. The van der Waals surface area contributed by atoms with Crippen molar-refractivity contribution in [2.45, 2.75) is 19.6 Å². The van der Waals surface area contributed by atoms with Gasteiger partial charge in [-0.2, -0.15) is 14.4 Å². The van der Waals surface area contributed by atoms with Gasteiger partial charge in [0.2, 0.25) is 11.9 Å². The third-order valence-corrected chi connectivity index (χ3v) is 11.8. The minimum absolute atomic E-state index is 0. The molecule has 0 atom stereocenters. The van der Waals surface area contributed by atoms with Crippen LogP contribution in [0.3, 0.4) is 0 Å². The number of azo groups is 1. The second-order valence-electron chi connectivity index (χ2n) is 11.7. The van der Waals surface area contributed by atoms with Crippen molar-refractivity contribution in [1.82, 2.24) is 9.97 Å². The molecule has 0 radical (unpaired) electrons. The van der Waals surface area contributed by atoms with Crippen molar-refractivity contribution in [2.24, 2.45) is 15.2 Å². The quantitative estimate of drug-likeness (QED) is 0.0256. The van der Waals surface area contributed by atoms with E-state index in [0.717, 1.165) is 42.8 Å². The Labute approximate surface area is 450 Å². The normalized spacial score (nSPS) is 12.0. The van der Waals surface area contributed by atoms with Crippen LogP contribution in [0, 0.1) is 5.95 Å². The molecule has 0 fully saturated rings. The summed E-state index contributed by atoms with van der Waals surface area (Å²) in [4.78, 5) is 7.52. The first-order valence-corrected chi connectivity index (χ1v) is 21.6. The van der Waals surface area contributed by atoms with Gasteiger partial charge < -0.3 is 38.7 Å². The van der Waals surface area contributed by atoms with E-state index in [9.17, 15) is 61.4 Å². The number of aromatic hydroxyl groups is 1. The molecule has 0 aliphatic carbocycles. The first kappa shape index (κ1) is 57.2. The van der Waals surface area contributed by atoms with Crippen molar-refractivity contribution in [1.29, 1.82) is 0 Å². The van der Waals surface area contributed by atoms with E-state index in [0.29, 0.717) is 6.07 Å². The standard InChI is InChI=1S/C32H23ClFN7O14S4.4Na/c1-55-14-35-21-10-11-23(57(46,47)48)20-13-24(58(49,50)51)27(28(42)25(20)21)41-40-22-9-2-15-12-17(5-8-19(15)29(22)59(52,53)54)36-31-26(33)30(34)38-32(39-31)37-16-3-6-18(7-4-16)56(43,44)45;;;;/h2-14,42H,1H3,(H,43,44,45)(H,46,47,48)(H,49,50,51)(H,52,53,54)(H2,36,37,38,39);;;;/q;4*+1/p-4. The zero-order chi connectivity index (χ0) is 43.2. The fourth-order valence-electron chi connectivity index (χ4n) is 5.48. The monoisotopic (exact) mass is 999 g/mol. The number of hydrogen-bond donors (Lipinski definition) is 3. The summed E-state index contributed by atoms with van der Waals surface area (Å²) in [6.07, 6.45) is 0.827. The smallest absolute Gasteiger partial charge is 0.744 e. The van der Waals surface area contributed by atoms with E-state index < -0.39 is 98.9 Å². The van der Waals surface area contributed by atoms with E-state index >= 15 is 0 Å². The number of nitrogens with one attached hydrogen (secondary N) is 2. The molecule has 1 aromatic heterocycles. The molecule has 5 aromatic carbocycles. The second-order valence-corrected chi connectivity index (χ2v) is 17.5. The van der Waals surface area contributed by atoms with Gasteiger partial charge in [0.25, 0.3) is 0 Å². The molecule has 31 heteroatoms. The fraction of sp³-hybridized carbons (Fsp3) is 0.0312. The molecule has 3 N–H and O–H groups in total. The van der Waals surface area contributed by atoms with E-state index in [1.54, 1.807) is 0 Å². The van der Waals surface area contributed by atoms with Crippen LogP contribution in [0.15, 0.2) is 108 Å². The number of ether oxygens (including phenoxy) is 1. The number of phenols is 1. The first-order chi connectivity index (χ1) is 27.5. The summed E-state index contributed by atoms with van der Waals surface area (Å²) >= 11 is 6.08. The molecular formula is C32H19ClFN7Na4O14S4. The number of nitrogens with zero attached hydrogens (tertiary/aromatic N) is 5. The molecule has 63 heavy (non-hydrogen) atoms. The van der Waals surface area contributed by atoms with Gasteiger partial charge in [0.05, 0.1) is 37.8 Å². The van der Waals surface area contributed by atoms with Gasteiger partial charge in [0, 0.05) is 22.1 Å². The SMILES string of the molecule is COC=Nc1ccc(S(=O)(=O)[O-])c2cc(S(=O)(=O)[O-])c(N=Nc3ccc4cc(Nc5nc(Nc6ccc(S(=O)(=O)[O-])cc6)nc(F)c5Cl)ccc4c3S(=O)(=O)[O-])c(O)c12.[Na+].[Na+].[Na+].[Na+]. The summed E-state index contributed by atoms with van der Waals surface area (Å²) < 4.78 is 164. The molecule has 0 amide bonds. The molecule has 0 saturated heterocycles. The zero-order valence-corrected chi connectivity index (χ0v) is 44.9. The molecule has 0 saturated carbocycles. The summed E-state index contributed by atoms with van der Waals surface area (Å²) in [5.74, 6) is -3.13. The van der Waals surface area contributed by atoms with Crippen molar-refractivity contribution >= 4 is 120 Å². The average molecular weight is 1000 g/mol. The Morgan fingerprint density at radius 3 is 1.87 bits per heavy atom. The van der Waals surface area contributed by atoms with Gasteiger partial charge in [-0.1, -0.05) is 23.7 Å². The molecule has 6 rings (SSSR count). The predicted molar refractivity (Wildman–Crippen MR) is 201 cm³/mol. The third-order valence-electron chi connectivity index (χ3n) is 7.92. The number of fused-ring (bicyclic) bond motifs is 2. The number of methoxy groups -OCH3 is 1. The summed E-state index contributed by atoms with van der Waals surface area (Å²) in [7, 11) is -20.1. The maximum Gasteiger partial charge on any atom is 1.00 e. The van der Waals surface area contributed by atoms with E-state index in [2.05, 4.69) is 35.8 Å². The van der Waals surface area contributed by atoms with Gasteiger partial charge in [-0.3, -0.25) is 0 Å². The van der Waals surface area contributed by atoms with Crippen LogP contribution in [0.5, 0.6) is 5.75 Å². The molecule has 6 aromatic rings. The van der Waals surface area contributed by atoms with Crippen LogP contribution in [-0.2, 0) is 45.2 Å². The summed E-state index contributed by atoms with van der Waals surface area (Å²) in [6.45, 7) is 0. The van der Waals surface area contributed by atoms with Crippen molar-refractivity contribution in [3.8, 4) is 5.75 Å². The maximum absolute atomic E-state index is 14.7. The van der Waals surface area contributed by atoms with E-state index in [1.165, 1.54) is 37.4 Å². The molecule has 21 nitrogen and oxygen atoms in total. The van der Waals surface area contributed by atoms with Crippen LogP contribution in [0.4, 0.5) is 44.6 Å². The number of benzene rings is 5. The summed E-state index contributed by atoms with van der Waals surface area (Å²) in [6, 6.07) is 12.3. The van der Waals surface area contributed by atoms with Gasteiger partial charge in [-0.15, -0.1) is 10.2 Å². The fourth-order valence-corrected chi connectivity index (χ4v) is 8.20. The van der Waals surface area contributed by atoms with Gasteiger partial charge >= 0.3 is 118 Å². The molecule has 0 spiro atoms. The Kier molecular flexibility index (Phi) is 20.2. The second kappa shape index (κ2) is 22.2. The average Bonchev–Trinajstić information content (AvgIpc) is 3.13. The number of halogens is 2. The summed E-state index contributed by atoms with van der Waals surface area (Å²) in [5.41, 5.74) is -1.93. The van der Waals surface area contributed by atoms with Crippen LogP contribution < -0.4 is 129 Å². The van der Waals surface area contributed by atoms with Crippen molar-refractivity contribution in [2.75, 3.05) is 17.7 Å². The van der Waals surface area contributed by atoms with Crippen molar-refractivity contribution < 1.29 is 184 Å². The van der Waals surface area contributed by atoms with Crippen LogP contribution in [0.1, 0.15) is 0 Å². The first-order valence-electron chi connectivity index (χ1n) is 15.5. The zero-order valence-electron chi connectivity index (χ0n) is 32.9. The number of hydrogen-bond acceptors (Lipinski definition) is 21. The summed E-state index contributed by atoms with van der Waals surface area (Å²) in [5, 5.41) is 21.6. The van der Waals surface area contributed by atoms with Gasteiger partial charge in [0.1, 0.15) is 56.9 Å². The molecular weight excluding hydrogens is 981 g/mol. The number of rotatable bonds is 12. The van der Waals surface area contributed by atoms with Crippen LogP contribution in [0.25, 0.3) is 21.5 Å². The topological polar surface area (TPSA) is 345 Å². The molecule has 1 heterocycles. The third kappa shape index (κ3) is 13.1. The number of aromatic nitrogens is 2. The largest absolute Gasteiger partial charge is 1.00 e. The van der Waals surface area contributed by atoms with Crippen molar-refractivity contribution in [3.05, 3.63) is 83.8 Å².